The average Bonchev–Trinajstić information content (AvgIpc) is 3.98. The van der Waals surface area contributed by atoms with E-state index in [1.807, 2.05) is 0 Å². The van der Waals surface area contributed by atoms with Crippen molar-refractivity contribution in [3.8, 4) is 0 Å². The molecule has 0 saturated heterocycles. The molecule has 0 aliphatic carbocycles. The Morgan fingerprint density at radius 1 is 0.347 bits per heavy atom. The van der Waals surface area contributed by atoms with Crippen molar-refractivity contribution >= 4 is 49.4 Å². The summed E-state index contributed by atoms with van der Waals surface area (Å²) in [5.41, 5.74) is 15.3. The zero-order valence-corrected chi connectivity index (χ0v) is 27.7. The predicted octanol–water partition coefficient (Wildman–Crippen LogP) is 7.19. The van der Waals surface area contributed by atoms with Crippen molar-refractivity contribution in [2.45, 2.75) is 0 Å². The lowest BCUT2D eigenvalue weighted by molar-refractivity contribution is 1.02. The summed E-state index contributed by atoms with van der Waals surface area (Å²) in [6.45, 7) is 0. The van der Waals surface area contributed by atoms with Gasteiger partial charge in [0.2, 0.25) is 0 Å². The molecule has 228 valence electrons. The van der Waals surface area contributed by atoms with Gasteiger partial charge in [-0.3, -0.25) is 0 Å². The second-order valence-electron chi connectivity index (χ2n) is 12.5. The summed E-state index contributed by atoms with van der Waals surface area (Å²) in [7, 11) is 0. The summed E-state index contributed by atoms with van der Waals surface area (Å²) in [5, 5.41) is 2.30. The third-order valence-corrected chi connectivity index (χ3v) is 11.2. The first-order chi connectivity index (χ1) is 24.3. The number of nitrogens with zero attached hydrogens (tertiary/aromatic N) is 4. The van der Waals surface area contributed by atoms with Crippen molar-refractivity contribution < 1.29 is 0 Å². The first-order valence-electron chi connectivity index (χ1n) is 16.6. The van der Waals surface area contributed by atoms with Crippen molar-refractivity contribution in [3.63, 3.8) is 0 Å². The molecule has 0 atom stereocenters. The standard InChI is InChI=1S/C44H28N4.Al/c1-5-13-29(14-6-1)41-33-21-23-35(45-33)42(30-15-7-2-8-16-30)37-25-27-39(47-37)44(32-19-11-4-12-20-32)40-28-26-38(48-40)43(31-17-9-3-10-18-31)36-24-22-34(41)46-36;/h1-28H;/q-2;+1. The summed E-state index contributed by atoms with van der Waals surface area (Å²) in [5.74, 6) is 0. The van der Waals surface area contributed by atoms with Crippen LogP contribution in [0.2, 0.25) is 0 Å². The lowest BCUT2D eigenvalue weighted by atomic mass is 10.0. The Morgan fingerprint density at radius 3 is 1.10 bits per heavy atom. The van der Waals surface area contributed by atoms with E-state index in [1.165, 1.54) is 0 Å². The highest BCUT2D eigenvalue weighted by Crippen LogP contribution is 2.38. The van der Waals surface area contributed by atoms with Gasteiger partial charge in [-0.1, -0.05) is 121 Å². The van der Waals surface area contributed by atoms with Gasteiger partial charge in [-0.2, -0.15) is 0 Å². The number of rotatable bonds is 4. The van der Waals surface area contributed by atoms with Gasteiger partial charge >= 0.3 is 0 Å². The molecule has 0 fully saturated rings. The van der Waals surface area contributed by atoms with Gasteiger partial charge < -0.3 is 7.10 Å². The molecule has 0 amide bonds. The fourth-order valence-corrected chi connectivity index (χ4v) is 9.07. The van der Waals surface area contributed by atoms with Crippen molar-refractivity contribution in [3.05, 3.63) is 226 Å². The Hall–Kier alpha value is -5.99. The Labute approximate surface area is 290 Å². The summed E-state index contributed by atoms with van der Waals surface area (Å²) >= 11 is -0.533. The van der Waals surface area contributed by atoms with Crippen molar-refractivity contribution in [2.24, 2.45) is 9.98 Å². The van der Waals surface area contributed by atoms with Crippen LogP contribution in [-0.4, -0.2) is 34.2 Å². The fourth-order valence-electron chi connectivity index (χ4n) is 7.48. The summed E-state index contributed by atoms with van der Waals surface area (Å²) in [6.07, 6.45) is 8.77. The minimum atomic E-state index is -0.533. The van der Waals surface area contributed by atoms with Gasteiger partial charge in [-0.05, 0) is 92.9 Å². The number of benzene rings is 4. The first-order valence-corrected chi connectivity index (χ1v) is 17.6. The normalized spacial score (nSPS) is 15.9. The molecule has 4 aliphatic rings. The highest BCUT2D eigenvalue weighted by Gasteiger charge is 2.25. The van der Waals surface area contributed by atoms with Gasteiger partial charge in [0.1, 0.15) is 0 Å². The summed E-state index contributed by atoms with van der Waals surface area (Å²) < 4.78 is 5.12. The molecular weight excluding hydrogens is 611 g/mol. The minimum absolute atomic E-state index is 0.533. The second kappa shape index (κ2) is 11.3. The third kappa shape index (κ3) is 4.52. The van der Waals surface area contributed by atoms with Crippen LogP contribution in [0.3, 0.4) is 0 Å². The first kappa shape index (κ1) is 28.1. The van der Waals surface area contributed by atoms with Gasteiger partial charge in [0.05, 0.1) is 38.5 Å². The molecule has 49 heavy (non-hydrogen) atoms. The van der Waals surface area contributed by atoms with Crippen LogP contribution < -0.4 is 10.7 Å². The van der Waals surface area contributed by atoms with E-state index in [0.29, 0.717) is 0 Å². The van der Waals surface area contributed by atoms with E-state index < -0.39 is 15.7 Å². The molecule has 5 heteroatoms. The Balaban J connectivity index is 1.43. The monoisotopic (exact) mass is 639 g/mol. The quantitative estimate of drug-likeness (QED) is 0.183. The Bertz CT molecular complexity index is 2450. The Morgan fingerprint density at radius 2 is 0.714 bits per heavy atom. The largest absolute Gasteiger partial charge is 0.594 e. The average molecular weight is 640 g/mol. The smallest absolute Gasteiger partial charge is 0.0735 e. The molecule has 6 aromatic rings. The number of hydrogen-bond acceptors (Lipinski definition) is 2. The van der Waals surface area contributed by atoms with Crippen LogP contribution in [0.1, 0.15) is 33.6 Å². The number of aliphatic imine (C=N–C) groups is 2. The molecule has 6 heterocycles. The van der Waals surface area contributed by atoms with Gasteiger partial charge in [0.25, 0.3) is 0 Å². The van der Waals surface area contributed by atoms with Gasteiger partial charge in [-0.25, -0.2) is 9.98 Å². The molecule has 10 rings (SSSR count). The molecule has 6 bridgehead atoms. The van der Waals surface area contributed by atoms with Crippen LogP contribution >= 0.6 is 0 Å². The van der Waals surface area contributed by atoms with E-state index in [1.54, 1.807) is 0 Å². The topological polar surface area (TPSA) is 34.6 Å². The van der Waals surface area contributed by atoms with E-state index >= 15 is 0 Å². The van der Waals surface area contributed by atoms with Crippen molar-refractivity contribution in [1.29, 1.82) is 0 Å². The van der Waals surface area contributed by atoms with Crippen LogP contribution in [0.15, 0.2) is 191 Å². The van der Waals surface area contributed by atoms with Crippen LogP contribution in [0.5, 0.6) is 0 Å². The number of hydrogen-bond donors (Lipinski definition) is 0. The molecular formula is C44H28AlN4-. The van der Waals surface area contributed by atoms with Gasteiger partial charge in [0.15, 0.2) is 0 Å². The number of aromatic nitrogens is 2. The second-order valence-corrected chi connectivity index (χ2v) is 13.7. The lowest BCUT2D eigenvalue weighted by Gasteiger charge is -2.33. The van der Waals surface area contributed by atoms with E-state index in [0.717, 1.165) is 89.4 Å². The SMILES string of the molecule is C1=CC2=C(c3ccccc3)c3ccc4[n]3[Al-][n]3c(ccc3=C(c3ccccc3)C3=NC(=C4c4ccccc4)C=C3)=C(c3ccccc3)C1=N2. The highest BCUT2D eigenvalue weighted by atomic mass is 27.1. The van der Waals surface area contributed by atoms with E-state index in [2.05, 4.69) is 177 Å². The van der Waals surface area contributed by atoms with Crippen LogP contribution in [-0.2, 0) is 0 Å². The van der Waals surface area contributed by atoms with E-state index in [4.69, 9.17) is 9.98 Å². The molecule has 2 radical (unpaired) electrons. The zero-order chi connectivity index (χ0) is 32.3. The molecule has 0 unspecified atom stereocenters. The van der Waals surface area contributed by atoms with E-state index in [9.17, 15) is 0 Å². The minimum Gasteiger partial charge on any atom is -0.594 e. The number of allylic oxidation sites excluding steroid dienone is 4. The molecule has 4 nitrogen and oxygen atoms in total. The maximum absolute atomic E-state index is 5.44. The molecule has 2 aromatic heterocycles. The maximum atomic E-state index is 5.44. The number of fused-ring (bicyclic) bond motifs is 2. The van der Waals surface area contributed by atoms with E-state index in [-0.39, 0.29) is 0 Å². The Kier molecular flexibility index (Phi) is 6.48. The van der Waals surface area contributed by atoms with Crippen LogP contribution in [0.25, 0.3) is 22.3 Å². The highest BCUT2D eigenvalue weighted by molar-refractivity contribution is 6.37. The summed E-state index contributed by atoms with van der Waals surface area (Å²) in [6, 6.07) is 52.0. The maximum Gasteiger partial charge on any atom is 0.0735 e. The molecule has 0 N–H and O–H groups in total. The molecule has 4 aliphatic heterocycles. The van der Waals surface area contributed by atoms with Gasteiger partial charge in [-0.15, -0.1) is 0 Å². The molecule has 0 spiro atoms. The van der Waals surface area contributed by atoms with Crippen molar-refractivity contribution in [1.82, 2.24) is 7.10 Å². The van der Waals surface area contributed by atoms with Crippen LogP contribution in [0, 0.1) is 0 Å². The van der Waals surface area contributed by atoms with Crippen molar-refractivity contribution in [2.75, 3.05) is 0 Å². The molecule has 0 saturated carbocycles. The van der Waals surface area contributed by atoms with Gasteiger partial charge in [0, 0.05) is 22.3 Å². The third-order valence-electron chi connectivity index (χ3n) is 9.65. The predicted molar refractivity (Wildman–Crippen MR) is 201 cm³/mol. The van der Waals surface area contributed by atoms with Crippen LogP contribution in [0.4, 0.5) is 0 Å². The molecule has 4 aromatic carbocycles. The fraction of sp³-hybridized carbons (Fsp3) is 0. The summed E-state index contributed by atoms with van der Waals surface area (Å²) in [4.78, 5) is 10.9. The zero-order valence-electron chi connectivity index (χ0n) is 26.5. The lowest BCUT2D eigenvalue weighted by Crippen LogP contribution is -2.40.